The lowest BCUT2D eigenvalue weighted by atomic mass is 10.2. The molecule has 2 nitrogen and oxygen atoms in total. The average Bonchev–Trinajstić information content (AvgIpc) is 2.97. The van der Waals surface area contributed by atoms with E-state index in [1.165, 1.54) is 6.92 Å². The number of amidine groups is 1. The summed E-state index contributed by atoms with van der Waals surface area (Å²) in [5.41, 5.74) is 5.89. The molecule has 15 heavy (non-hydrogen) atoms. The maximum atomic E-state index is 13.3. The normalized spacial score (nSPS) is 16.9. The number of benzene rings is 1. The first kappa shape index (κ1) is 10.1. The summed E-state index contributed by atoms with van der Waals surface area (Å²) in [6.45, 7) is 1.51. The van der Waals surface area contributed by atoms with Gasteiger partial charge in [0.25, 0.3) is 0 Å². The molecule has 4 heteroatoms. The van der Waals surface area contributed by atoms with Crippen molar-refractivity contribution in [1.29, 1.82) is 0 Å². The zero-order valence-corrected chi connectivity index (χ0v) is 8.43. The van der Waals surface area contributed by atoms with Crippen LogP contribution in [0.2, 0.25) is 0 Å². The van der Waals surface area contributed by atoms with Crippen molar-refractivity contribution in [3.8, 4) is 0 Å². The number of aliphatic imine (C=N–C) groups is 1. The summed E-state index contributed by atoms with van der Waals surface area (Å²) >= 11 is 0. The van der Waals surface area contributed by atoms with Crippen LogP contribution in [0, 0.1) is 24.5 Å². The van der Waals surface area contributed by atoms with Gasteiger partial charge in [0.2, 0.25) is 0 Å². The Morgan fingerprint density at radius 2 is 2.00 bits per heavy atom. The molecule has 0 radical (unpaired) electrons. The van der Waals surface area contributed by atoms with Crippen LogP contribution in [0.5, 0.6) is 0 Å². The molecule has 1 aliphatic carbocycles. The summed E-state index contributed by atoms with van der Waals surface area (Å²) in [6.07, 6.45) is 1.98. The molecule has 1 aliphatic rings. The van der Waals surface area contributed by atoms with Gasteiger partial charge in [-0.3, -0.25) is 0 Å². The molecular formula is C11H12F2N2. The predicted molar refractivity (Wildman–Crippen MR) is 55.1 cm³/mol. The summed E-state index contributed by atoms with van der Waals surface area (Å²) in [5.74, 6) is -0.331. The Hall–Kier alpha value is -1.45. The first-order valence-electron chi connectivity index (χ1n) is 4.87. The Morgan fingerprint density at radius 3 is 2.60 bits per heavy atom. The minimum absolute atomic E-state index is 0.0116. The average molecular weight is 210 g/mol. The minimum atomic E-state index is -0.530. The molecule has 0 amide bonds. The molecule has 0 unspecified atom stereocenters. The largest absolute Gasteiger partial charge is 0.387 e. The fraction of sp³-hybridized carbons (Fsp3) is 0.364. The number of nitrogens with zero attached hydrogens (tertiary/aromatic N) is 1. The van der Waals surface area contributed by atoms with Crippen LogP contribution in [0.1, 0.15) is 18.4 Å². The number of hydrogen-bond acceptors (Lipinski definition) is 1. The molecule has 1 saturated carbocycles. The smallest absolute Gasteiger partial charge is 0.149 e. The van der Waals surface area contributed by atoms with Gasteiger partial charge in [-0.25, -0.2) is 13.8 Å². The molecule has 1 aromatic rings. The van der Waals surface area contributed by atoms with E-state index in [2.05, 4.69) is 4.99 Å². The molecule has 2 rings (SSSR count). The van der Waals surface area contributed by atoms with Gasteiger partial charge in [0.05, 0.1) is 0 Å². The van der Waals surface area contributed by atoms with E-state index in [-0.39, 0.29) is 17.2 Å². The molecule has 2 N–H and O–H groups in total. The summed E-state index contributed by atoms with van der Waals surface area (Å²) in [4.78, 5) is 3.90. The van der Waals surface area contributed by atoms with Crippen molar-refractivity contribution in [3.63, 3.8) is 0 Å². The van der Waals surface area contributed by atoms with Crippen LogP contribution in [0.25, 0.3) is 0 Å². The molecular weight excluding hydrogens is 198 g/mol. The molecule has 0 bridgehead atoms. The second kappa shape index (κ2) is 3.61. The van der Waals surface area contributed by atoms with Crippen molar-refractivity contribution < 1.29 is 8.78 Å². The Morgan fingerprint density at radius 1 is 1.33 bits per heavy atom. The summed E-state index contributed by atoms with van der Waals surface area (Å²) in [7, 11) is 0. The number of nitrogens with two attached hydrogens (primary N) is 1. The van der Waals surface area contributed by atoms with Crippen molar-refractivity contribution in [2.24, 2.45) is 16.6 Å². The van der Waals surface area contributed by atoms with Crippen LogP contribution in [-0.2, 0) is 0 Å². The number of halogens is 2. The quantitative estimate of drug-likeness (QED) is 0.591. The lowest BCUT2D eigenvalue weighted by molar-refractivity contribution is 0.594. The van der Waals surface area contributed by atoms with E-state index in [0.717, 1.165) is 25.0 Å². The minimum Gasteiger partial charge on any atom is -0.387 e. The molecule has 0 atom stereocenters. The second-order valence-corrected chi connectivity index (χ2v) is 3.86. The van der Waals surface area contributed by atoms with Gasteiger partial charge in [0, 0.05) is 12.0 Å². The second-order valence-electron chi connectivity index (χ2n) is 3.86. The fourth-order valence-corrected chi connectivity index (χ4v) is 1.33. The molecule has 0 heterocycles. The van der Waals surface area contributed by atoms with E-state index >= 15 is 0 Å². The Labute approximate surface area is 86.8 Å². The molecule has 0 saturated heterocycles. The highest BCUT2D eigenvalue weighted by Gasteiger charge is 2.25. The van der Waals surface area contributed by atoms with Crippen molar-refractivity contribution in [2.75, 3.05) is 0 Å². The zero-order valence-electron chi connectivity index (χ0n) is 8.43. The maximum absolute atomic E-state index is 13.3. The van der Waals surface area contributed by atoms with Crippen LogP contribution in [0.3, 0.4) is 0 Å². The van der Waals surface area contributed by atoms with Gasteiger partial charge in [-0.15, -0.1) is 0 Å². The maximum Gasteiger partial charge on any atom is 0.149 e. The number of rotatable bonds is 2. The van der Waals surface area contributed by atoms with Crippen LogP contribution >= 0.6 is 0 Å². The third kappa shape index (κ3) is 2.14. The number of aryl methyl sites for hydroxylation is 1. The van der Waals surface area contributed by atoms with Crippen LogP contribution in [-0.4, -0.2) is 5.84 Å². The number of hydrogen-bond donors (Lipinski definition) is 1. The molecule has 1 aromatic carbocycles. The van der Waals surface area contributed by atoms with Crippen molar-refractivity contribution in [3.05, 3.63) is 29.3 Å². The van der Waals surface area contributed by atoms with E-state index in [0.29, 0.717) is 5.84 Å². The summed E-state index contributed by atoms with van der Waals surface area (Å²) < 4.78 is 26.5. The van der Waals surface area contributed by atoms with E-state index < -0.39 is 11.6 Å². The highest BCUT2D eigenvalue weighted by Crippen LogP contribution is 2.31. The summed E-state index contributed by atoms with van der Waals surface area (Å²) in [5, 5.41) is 0. The molecule has 1 fully saturated rings. The third-order valence-corrected chi connectivity index (χ3v) is 2.47. The van der Waals surface area contributed by atoms with Gasteiger partial charge in [-0.05, 0) is 31.4 Å². The van der Waals surface area contributed by atoms with Gasteiger partial charge in [0.1, 0.15) is 23.2 Å². The lowest BCUT2D eigenvalue weighted by Gasteiger charge is -2.02. The monoisotopic (exact) mass is 210 g/mol. The van der Waals surface area contributed by atoms with Gasteiger partial charge in [-0.2, -0.15) is 0 Å². The van der Waals surface area contributed by atoms with Crippen molar-refractivity contribution in [1.82, 2.24) is 0 Å². The highest BCUT2D eigenvalue weighted by atomic mass is 19.1. The molecule has 0 aliphatic heterocycles. The Bertz CT molecular complexity index is 423. The van der Waals surface area contributed by atoms with Gasteiger partial charge in [0.15, 0.2) is 0 Å². The van der Waals surface area contributed by atoms with Gasteiger partial charge in [-0.1, -0.05) is 0 Å². The highest BCUT2D eigenvalue weighted by molar-refractivity contribution is 5.87. The first-order valence-corrected chi connectivity index (χ1v) is 4.87. The molecule has 80 valence electrons. The van der Waals surface area contributed by atoms with E-state index in [1.54, 1.807) is 0 Å². The molecule has 0 spiro atoms. The van der Waals surface area contributed by atoms with E-state index in [9.17, 15) is 8.78 Å². The Kier molecular flexibility index (Phi) is 2.42. The van der Waals surface area contributed by atoms with Crippen LogP contribution in [0.4, 0.5) is 14.5 Å². The lowest BCUT2D eigenvalue weighted by Crippen LogP contribution is -2.13. The van der Waals surface area contributed by atoms with Crippen molar-refractivity contribution >= 4 is 11.5 Å². The van der Waals surface area contributed by atoms with E-state index in [4.69, 9.17) is 5.73 Å². The topological polar surface area (TPSA) is 38.4 Å². The van der Waals surface area contributed by atoms with Crippen LogP contribution < -0.4 is 5.73 Å². The standard InChI is InChI=1S/C11H12F2N2/c1-6-4-9(13)10(5-8(6)12)15-11(14)7-2-3-7/h4-5,7H,2-3H2,1H3,(H2,14,15). The first-order chi connectivity index (χ1) is 7.08. The predicted octanol–water partition coefficient (Wildman–Crippen LogP) is 2.67. The Balaban J connectivity index is 2.35. The SMILES string of the molecule is Cc1cc(F)c(N=C(N)C2CC2)cc1F. The van der Waals surface area contributed by atoms with E-state index in [1.807, 2.05) is 0 Å². The van der Waals surface area contributed by atoms with Crippen molar-refractivity contribution in [2.45, 2.75) is 19.8 Å². The van der Waals surface area contributed by atoms with Crippen LogP contribution in [0.15, 0.2) is 17.1 Å². The third-order valence-electron chi connectivity index (χ3n) is 2.47. The molecule has 0 aromatic heterocycles. The van der Waals surface area contributed by atoms with Gasteiger partial charge >= 0.3 is 0 Å². The fourth-order valence-electron chi connectivity index (χ4n) is 1.33. The summed E-state index contributed by atoms with van der Waals surface area (Å²) in [6, 6.07) is 2.22. The zero-order chi connectivity index (χ0) is 11.0. The van der Waals surface area contributed by atoms with Gasteiger partial charge < -0.3 is 5.73 Å².